The van der Waals surface area contributed by atoms with E-state index in [1.165, 1.54) is 19.3 Å². The van der Waals surface area contributed by atoms with E-state index in [-0.39, 0.29) is 11.4 Å². The Bertz CT molecular complexity index is 422. The summed E-state index contributed by atoms with van der Waals surface area (Å²) in [5.41, 5.74) is -0.0117. The number of aryl methyl sites for hydroxylation is 1. The minimum Gasteiger partial charge on any atom is -0.349 e. The average Bonchev–Trinajstić information content (AvgIpc) is 2.83. The number of hydrogen-bond donors (Lipinski definition) is 2. The van der Waals surface area contributed by atoms with E-state index < -0.39 is 0 Å². The van der Waals surface area contributed by atoms with Crippen LogP contribution < -0.4 is 10.6 Å². The van der Waals surface area contributed by atoms with Crippen LogP contribution in [-0.4, -0.2) is 33.3 Å². The molecule has 0 aromatic carbocycles. The molecule has 2 N–H and O–H groups in total. The first-order chi connectivity index (χ1) is 9.15. The van der Waals surface area contributed by atoms with Crippen LogP contribution in [0.4, 0.5) is 0 Å². The summed E-state index contributed by atoms with van der Waals surface area (Å²) < 4.78 is 1.81. The van der Waals surface area contributed by atoms with Gasteiger partial charge in [-0.1, -0.05) is 19.3 Å². The molecule has 1 aromatic heterocycles. The van der Waals surface area contributed by atoms with E-state index >= 15 is 0 Å². The third kappa shape index (κ3) is 3.53. The second-order valence-corrected chi connectivity index (χ2v) is 5.40. The molecule has 2 rings (SSSR count). The summed E-state index contributed by atoms with van der Waals surface area (Å²) in [7, 11) is 3.83. The van der Waals surface area contributed by atoms with Gasteiger partial charge in [-0.05, 0) is 19.9 Å². The number of aromatic nitrogens is 3. The lowest BCUT2D eigenvalue weighted by atomic mass is 9.79. The van der Waals surface area contributed by atoms with E-state index in [1.54, 1.807) is 6.33 Å². The summed E-state index contributed by atoms with van der Waals surface area (Å²) in [6, 6.07) is 0. The van der Waals surface area contributed by atoms with E-state index in [0.717, 1.165) is 18.7 Å². The summed E-state index contributed by atoms with van der Waals surface area (Å²) in [5, 5.41) is 14.0. The molecule has 0 unspecified atom stereocenters. The number of nitrogens with zero attached hydrogens (tertiary/aromatic N) is 3. The van der Waals surface area contributed by atoms with Gasteiger partial charge in [-0.2, -0.15) is 0 Å². The molecule has 0 bridgehead atoms. The summed E-state index contributed by atoms with van der Waals surface area (Å²) in [4.78, 5) is 12.1. The van der Waals surface area contributed by atoms with Crippen LogP contribution in [0.1, 0.15) is 44.3 Å². The molecule has 6 heteroatoms. The number of carbonyl (C=O) groups excluding carboxylic acids is 1. The molecule has 1 heterocycles. The predicted molar refractivity (Wildman–Crippen MR) is 72.3 cm³/mol. The van der Waals surface area contributed by atoms with Crippen molar-refractivity contribution in [2.45, 2.75) is 50.6 Å². The molecule has 19 heavy (non-hydrogen) atoms. The molecule has 1 saturated carbocycles. The zero-order valence-corrected chi connectivity index (χ0v) is 11.8. The first-order valence-corrected chi connectivity index (χ1v) is 6.94. The number of nitrogens with one attached hydrogen (secondary N) is 2. The van der Waals surface area contributed by atoms with Crippen LogP contribution in [0.2, 0.25) is 0 Å². The fraction of sp³-hybridized carbons (Fsp3) is 0.769. The quantitative estimate of drug-likeness (QED) is 0.824. The highest BCUT2D eigenvalue weighted by atomic mass is 16.1. The lowest BCUT2D eigenvalue weighted by molar-refractivity contribution is -0.123. The maximum absolute atomic E-state index is 12.1. The van der Waals surface area contributed by atoms with Crippen molar-refractivity contribution in [1.29, 1.82) is 0 Å². The molecule has 0 saturated heterocycles. The Balaban J connectivity index is 1.84. The molecule has 0 aliphatic heterocycles. The van der Waals surface area contributed by atoms with Crippen LogP contribution in [0, 0.1) is 0 Å². The van der Waals surface area contributed by atoms with Gasteiger partial charge in [0.1, 0.15) is 6.33 Å². The van der Waals surface area contributed by atoms with Crippen LogP contribution in [-0.2, 0) is 18.4 Å². The minimum atomic E-state index is -0.0117. The molecule has 1 aliphatic rings. The number of hydrogen-bond acceptors (Lipinski definition) is 4. The van der Waals surface area contributed by atoms with Crippen LogP contribution in [0.5, 0.6) is 0 Å². The molecule has 0 atom stereocenters. The van der Waals surface area contributed by atoms with Crippen LogP contribution in [0.3, 0.4) is 0 Å². The zero-order valence-electron chi connectivity index (χ0n) is 11.8. The van der Waals surface area contributed by atoms with Crippen molar-refractivity contribution in [2.24, 2.45) is 7.05 Å². The second-order valence-electron chi connectivity index (χ2n) is 5.40. The number of carbonyl (C=O) groups is 1. The molecule has 106 valence electrons. The Hall–Kier alpha value is -1.43. The van der Waals surface area contributed by atoms with E-state index in [2.05, 4.69) is 20.8 Å². The van der Waals surface area contributed by atoms with E-state index in [9.17, 15) is 4.79 Å². The predicted octanol–water partition coefficient (Wildman–Crippen LogP) is 0.744. The van der Waals surface area contributed by atoms with Crippen molar-refractivity contribution in [1.82, 2.24) is 25.4 Å². The lowest BCUT2D eigenvalue weighted by Crippen LogP contribution is -2.48. The Morgan fingerprint density at radius 1 is 1.42 bits per heavy atom. The smallest absolute Gasteiger partial charge is 0.222 e. The molecular formula is C13H23N5O. The van der Waals surface area contributed by atoms with Gasteiger partial charge in [0.15, 0.2) is 5.82 Å². The first-order valence-electron chi connectivity index (χ1n) is 6.94. The monoisotopic (exact) mass is 265 g/mol. The summed E-state index contributed by atoms with van der Waals surface area (Å²) in [5.74, 6) is 0.856. The highest BCUT2D eigenvalue weighted by molar-refractivity contribution is 5.77. The van der Waals surface area contributed by atoms with Crippen molar-refractivity contribution < 1.29 is 4.79 Å². The van der Waals surface area contributed by atoms with Gasteiger partial charge in [0, 0.05) is 19.0 Å². The standard InChI is InChI=1S/C13H23N5O/c1-14-13(6-4-3-5-7-13)8-12(19)15-9-11-17-16-10-18(11)2/h10,14H,3-9H2,1-2H3,(H,15,19). The highest BCUT2D eigenvalue weighted by Crippen LogP contribution is 2.30. The Morgan fingerprint density at radius 2 is 2.16 bits per heavy atom. The lowest BCUT2D eigenvalue weighted by Gasteiger charge is -2.36. The largest absolute Gasteiger partial charge is 0.349 e. The number of amides is 1. The number of rotatable bonds is 5. The molecular weight excluding hydrogens is 242 g/mol. The SMILES string of the molecule is CNC1(CC(=O)NCc2nncn2C)CCCCC1. The topological polar surface area (TPSA) is 71.8 Å². The molecule has 0 radical (unpaired) electrons. The van der Waals surface area contributed by atoms with E-state index in [0.29, 0.717) is 13.0 Å². The van der Waals surface area contributed by atoms with Crippen molar-refractivity contribution in [3.05, 3.63) is 12.2 Å². The van der Waals surface area contributed by atoms with E-state index in [1.807, 2.05) is 18.7 Å². The molecule has 1 fully saturated rings. The van der Waals surface area contributed by atoms with Crippen LogP contribution >= 0.6 is 0 Å². The first kappa shape index (κ1) is 14.0. The van der Waals surface area contributed by atoms with E-state index in [4.69, 9.17) is 0 Å². The van der Waals surface area contributed by atoms with Gasteiger partial charge in [-0.3, -0.25) is 4.79 Å². The normalized spacial score (nSPS) is 18.2. The van der Waals surface area contributed by atoms with Crippen molar-refractivity contribution >= 4 is 5.91 Å². The molecule has 6 nitrogen and oxygen atoms in total. The van der Waals surface area contributed by atoms with Gasteiger partial charge in [-0.15, -0.1) is 10.2 Å². The van der Waals surface area contributed by atoms with Crippen LogP contribution in [0.15, 0.2) is 6.33 Å². The third-order valence-corrected chi connectivity index (χ3v) is 4.09. The second kappa shape index (κ2) is 6.14. The summed E-state index contributed by atoms with van der Waals surface area (Å²) in [6.45, 7) is 0.440. The van der Waals surface area contributed by atoms with Gasteiger partial charge in [0.2, 0.25) is 5.91 Å². The van der Waals surface area contributed by atoms with Gasteiger partial charge in [0.05, 0.1) is 6.54 Å². The van der Waals surface area contributed by atoms with Crippen molar-refractivity contribution in [3.8, 4) is 0 Å². The molecule has 1 aromatic rings. The van der Waals surface area contributed by atoms with Gasteiger partial charge >= 0.3 is 0 Å². The van der Waals surface area contributed by atoms with Gasteiger partial charge in [-0.25, -0.2) is 0 Å². The zero-order chi connectivity index (χ0) is 13.7. The molecule has 1 amide bonds. The highest BCUT2D eigenvalue weighted by Gasteiger charge is 2.32. The van der Waals surface area contributed by atoms with Gasteiger partial charge < -0.3 is 15.2 Å². The van der Waals surface area contributed by atoms with Crippen molar-refractivity contribution in [3.63, 3.8) is 0 Å². The van der Waals surface area contributed by atoms with Gasteiger partial charge in [0.25, 0.3) is 0 Å². The Labute approximate surface area is 114 Å². The molecule has 0 spiro atoms. The fourth-order valence-electron chi connectivity index (χ4n) is 2.76. The van der Waals surface area contributed by atoms with Crippen LogP contribution in [0.25, 0.3) is 0 Å². The average molecular weight is 265 g/mol. The maximum atomic E-state index is 12.1. The minimum absolute atomic E-state index is 0.0117. The fourth-order valence-corrected chi connectivity index (χ4v) is 2.76. The summed E-state index contributed by atoms with van der Waals surface area (Å²) in [6.07, 6.45) is 8.04. The maximum Gasteiger partial charge on any atom is 0.222 e. The Kier molecular flexibility index (Phi) is 4.52. The summed E-state index contributed by atoms with van der Waals surface area (Å²) >= 11 is 0. The Morgan fingerprint density at radius 3 is 2.74 bits per heavy atom. The third-order valence-electron chi connectivity index (χ3n) is 4.09. The molecule has 1 aliphatic carbocycles. The van der Waals surface area contributed by atoms with Crippen molar-refractivity contribution in [2.75, 3.05) is 7.05 Å².